The van der Waals surface area contributed by atoms with Gasteiger partial charge in [0, 0.05) is 11.6 Å². The van der Waals surface area contributed by atoms with Crippen molar-refractivity contribution in [2.45, 2.75) is 6.42 Å². The van der Waals surface area contributed by atoms with Gasteiger partial charge in [-0.25, -0.2) is 9.89 Å². The molecule has 0 saturated heterocycles. The molecule has 0 saturated carbocycles. The van der Waals surface area contributed by atoms with Gasteiger partial charge in [-0.2, -0.15) is 0 Å². The van der Waals surface area contributed by atoms with E-state index in [-0.39, 0.29) is 5.82 Å². The molecule has 2 aromatic rings. The van der Waals surface area contributed by atoms with E-state index in [1.54, 1.807) is 0 Å². The number of H-pyrrole nitrogens is 2. The maximum Gasteiger partial charge on any atom is 0.342 e. The molecule has 18 heavy (non-hydrogen) atoms. The van der Waals surface area contributed by atoms with Gasteiger partial charge in [0.15, 0.2) is 0 Å². The highest BCUT2D eigenvalue weighted by Gasteiger charge is 2.01. The van der Waals surface area contributed by atoms with E-state index in [4.69, 9.17) is 11.6 Å². The second-order valence-electron chi connectivity index (χ2n) is 3.66. The molecule has 7 heteroatoms. The third-order valence-corrected chi connectivity index (χ3v) is 2.58. The van der Waals surface area contributed by atoms with E-state index >= 15 is 0 Å². The second kappa shape index (κ2) is 5.50. The van der Waals surface area contributed by atoms with Crippen molar-refractivity contribution < 1.29 is 0 Å². The smallest absolute Gasteiger partial charge is 0.342 e. The summed E-state index contributed by atoms with van der Waals surface area (Å²) in [6, 6.07) is 7.44. The Morgan fingerprint density at radius 1 is 1.22 bits per heavy atom. The van der Waals surface area contributed by atoms with Crippen LogP contribution in [0.2, 0.25) is 5.02 Å². The largest absolute Gasteiger partial charge is 0.364 e. The van der Waals surface area contributed by atoms with Crippen LogP contribution in [0.4, 0.5) is 5.82 Å². The van der Waals surface area contributed by atoms with Crippen LogP contribution in [0.15, 0.2) is 33.9 Å². The van der Waals surface area contributed by atoms with Crippen molar-refractivity contribution in [3.05, 3.63) is 55.7 Å². The fourth-order valence-electron chi connectivity index (χ4n) is 1.44. The second-order valence-corrected chi connectivity index (χ2v) is 4.10. The average molecular weight is 267 g/mol. The maximum absolute atomic E-state index is 11.3. The zero-order chi connectivity index (χ0) is 13.0. The number of hydrogen-bond acceptors (Lipinski definition) is 4. The van der Waals surface area contributed by atoms with Gasteiger partial charge >= 0.3 is 5.69 Å². The van der Waals surface area contributed by atoms with Gasteiger partial charge in [-0.1, -0.05) is 23.7 Å². The monoisotopic (exact) mass is 266 g/mol. The van der Waals surface area contributed by atoms with Gasteiger partial charge in [0.25, 0.3) is 5.56 Å². The molecule has 0 amide bonds. The van der Waals surface area contributed by atoms with Crippen molar-refractivity contribution in [1.82, 2.24) is 15.2 Å². The van der Waals surface area contributed by atoms with E-state index in [2.05, 4.69) is 20.5 Å². The highest BCUT2D eigenvalue weighted by molar-refractivity contribution is 6.30. The number of nitrogens with one attached hydrogen (secondary N) is 3. The zero-order valence-electron chi connectivity index (χ0n) is 9.37. The van der Waals surface area contributed by atoms with E-state index in [1.807, 2.05) is 24.3 Å². The normalized spacial score (nSPS) is 10.3. The molecular weight excluding hydrogens is 256 g/mol. The Hall–Kier alpha value is -2.08. The van der Waals surface area contributed by atoms with Crippen molar-refractivity contribution in [2.75, 3.05) is 11.9 Å². The number of nitrogens with zero attached hydrogens (tertiary/aromatic N) is 1. The predicted molar refractivity (Wildman–Crippen MR) is 69.1 cm³/mol. The summed E-state index contributed by atoms with van der Waals surface area (Å²) in [5.74, 6) is 0.101. The first-order valence-electron chi connectivity index (χ1n) is 5.32. The number of rotatable bonds is 4. The summed E-state index contributed by atoms with van der Waals surface area (Å²) in [4.78, 5) is 24.2. The number of hydrogen-bond donors (Lipinski definition) is 3. The first-order chi connectivity index (χ1) is 8.65. The highest BCUT2D eigenvalue weighted by atomic mass is 35.5. The summed E-state index contributed by atoms with van der Waals surface area (Å²) in [5, 5.41) is 9.30. The van der Waals surface area contributed by atoms with Crippen molar-refractivity contribution in [3.8, 4) is 0 Å². The Labute approximate surface area is 107 Å². The van der Waals surface area contributed by atoms with E-state index in [0.717, 1.165) is 12.0 Å². The highest BCUT2D eigenvalue weighted by Crippen LogP contribution is 2.09. The molecule has 1 aromatic carbocycles. The number of benzene rings is 1. The molecule has 0 bridgehead atoms. The van der Waals surface area contributed by atoms with Gasteiger partial charge < -0.3 is 5.32 Å². The summed E-state index contributed by atoms with van der Waals surface area (Å²) < 4.78 is 0. The van der Waals surface area contributed by atoms with Gasteiger partial charge in [0.2, 0.25) is 5.82 Å². The summed E-state index contributed by atoms with van der Waals surface area (Å²) in [5.41, 5.74) is -0.0640. The van der Waals surface area contributed by atoms with E-state index in [9.17, 15) is 9.59 Å². The predicted octanol–water partition coefficient (Wildman–Crippen LogP) is 0.766. The molecule has 0 aliphatic carbocycles. The average Bonchev–Trinajstić information content (AvgIpc) is 2.34. The fraction of sp³-hybridized carbons (Fsp3) is 0.182. The minimum Gasteiger partial charge on any atom is -0.364 e. The van der Waals surface area contributed by atoms with Crippen molar-refractivity contribution in [1.29, 1.82) is 0 Å². The van der Waals surface area contributed by atoms with Gasteiger partial charge in [0.1, 0.15) is 0 Å². The standard InChI is InChI=1S/C11H11ClN4O2/c12-8-3-1-7(2-4-8)5-6-13-9-10(17)14-11(18)16-15-9/h1-4H,5-6H2,(H,13,15)(H2,14,16,17,18). The van der Waals surface area contributed by atoms with Crippen LogP contribution in [0.25, 0.3) is 0 Å². The molecule has 0 unspecified atom stereocenters. The Morgan fingerprint density at radius 3 is 2.61 bits per heavy atom. The molecular formula is C11H11ClN4O2. The molecule has 0 radical (unpaired) electrons. The summed E-state index contributed by atoms with van der Waals surface area (Å²) >= 11 is 5.77. The Kier molecular flexibility index (Phi) is 3.78. The maximum atomic E-state index is 11.3. The van der Waals surface area contributed by atoms with Crippen LogP contribution in [0.5, 0.6) is 0 Å². The first-order valence-corrected chi connectivity index (χ1v) is 5.70. The number of anilines is 1. The Morgan fingerprint density at radius 2 is 1.94 bits per heavy atom. The molecule has 0 spiro atoms. The van der Waals surface area contributed by atoms with Crippen LogP contribution in [0.3, 0.4) is 0 Å². The number of aromatic amines is 2. The molecule has 6 nitrogen and oxygen atoms in total. The molecule has 2 rings (SSSR count). The molecule has 1 aromatic heterocycles. The molecule has 94 valence electrons. The molecule has 0 aliphatic heterocycles. The Balaban J connectivity index is 1.94. The summed E-state index contributed by atoms with van der Waals surface area (Å²) in [6.07, 6.45) is 0.720. The third kappa shape index (κ3) is 3.21. The van der Waals surface area contributed by atoms with Crippen LogP contribution in [0.1, 0.15) is 5.56 Å². The van der Waals surface area contributed by atoms with Crippen LogP contribution >= 0.6 is 11.6 Å². The lowest BCUT2D eigenvalue weighted by atomic mass is 10.1. The zero-order valence-corrected chi connectivity index (χ0v) is 10.1. The quantitative estimate of drug-likeness (QED) is 0.762. The van der Waals surface area contributed by atoms with Crippen molar-refractivity contribution in [3.63, 3.8) is 0 Å². The van der Waals surface area contributed by atoms with Crippen LogP contribution in [-0.2, 0) is 6.42 Å². The molecule has 0 aliphatic rings. The number of halogens is 1. The van der Waals surface area contributed by atoms with Gasteiger partial charge in [-0.3, -0.25) is 9.78 Å². The van der Waals surface area contributed by atoms with Crippen LogP contribution in [-0.4, -0.2) is 21.7 Å². The van der Waals surface area contributed by atoms with Gasteiger partial charge in [0.05, 0.1) is 0 Å². The molecule has 3 N–H and O–H groups in total. The van der Waals surface area contributed by atoms with E-state index in [0.29, 0.717) is 11.6 Å². The molecule has 0 fully saturated rings. The van der Waals surface area contributed by atoms with Crippen molar-refractivity contribution >= 4 is 17.4 Å². The van der Waals surface area contributed by atoms with Gasteiger partial charge in [-0.05, 0) is 24.1 Å². The topological polar surface area (TPSA) is 90.6 Å². The lowest BCUT2D eigenvalue weighted by Crippen LogP contribution is -2.27. The van der Waals surface area contributed by atoms with Crippen LogP contribution in [0, 0.1) is 0 Å². The van der Waals surface area contributed by atoms with E-state index in [1.165, 1.54) is 0 Å². The lowest BCUT2D eigenvalue weighted by Gasteiger charge is -2.04. The van der Waals surface area contributed by atoms with Crippen LogP contribution < -0.4 is 16.6 Å². The Bertz CT molecular complexity index is 632. The third-order valence-electron chi connectivity index (χ3n) is 2.33. The summed E-state index contributed by atoms with van der Waals surface area (Å²) in [6.45, 7) is 0.532. The molecule has 1 heterocycles. The fourth-order valence-corrected chi connectivity index (χ4v) is 1.57. The van der Waals surface area contributed by atoms with Crippen molar-refractivity contribution in [2.24, 2.45) is 0 Å². The van der Waals surface area contributed by atoms with E-state index < -0.39 is 11.2 Å². The lowest BCUT2D eigenvalue weighted by molar-refractivity contribution is 0.877. The minimum absolute atomic E-state index is 0.101. The molecule has 0 atom stereocenters. The first kappa shape index (κ1) is 12.4. The number of aromatic nitrogens is 3. The van der Waals surface area contributed by atoms with Gasteiger partial charge in [-0.15, -0.1) is 5.10 Å². The minimum atomic E-state index is -0.622. The SMILES string of the molecule is O=c1[nH]nc(NCCc2ccc(Cl)cc2)c(=O)[nH]1. The summed E-state index contributed by atoms with van der Waals surface area (Å²) in [7, 11) is 0.